The molecule has 2 nitrogen and oxygen atoms in total. The van der Waals surface area contributed by atoms with Crippen molar-refractivity contribution in [2.45, 2.75) is 64.3 Å². The summed E-state index contributed by atoms with van der Waals surface area (Å²) >= 11 is 0. The third kappa shape index (κ3) is 5.91. The monoisotopic (exact) mass is 309 g/mol. The highest BCUT2D eigenvalue weighted by molar-refractivity contribution is 7.85. The Morgan fingerprint density at radius 2 is 1.71 bits per heavy atom. The first kappa shape index (κ1) is 18.4. The van der Waals surface area contributed by atoms with Gasteiger partial charge in [-0.3, -0.25) is 4.21 Å². The smallest absolute Gasteiger partial charge is 0.0545 e. The minimum Gasteiger partial charge on any atom is -0.313 e. The maximum Gasteiger partial charge on any atom is 0.0545 e. The molecule has 1 N–H and O–H groups in total. The van der Waals surface area contributed by atoms with Gasteiger partial charge >= 0.3 is 0 Å². The molecule has 0 saturated carbocycles. The van der Waals surface area contributed by atoms with Crippen LogP contribution in [-0.2, 0) is 16.2 Å². The van der Waals surface area contributed by atoms with Gasteiger partial charge in [-0.1, -0.05) is 53.7 Å². The fourth-order valence-electron chi connectivity index (χ4n) is 2.18. The predicted molar refractivity (Wildman–Crippen MR) is 93.3 cm³/mol. The summed E-state index contributed by atoms with van der Waals surface area (Å²) in [4.78, 5) is 0.937. The van der Waals surface area contributed by atoms with Crippen molar-refractivity contribution in [1.82, 2.24) is 5.32 Å². The lowest BCUT2D eigenvalue weighted by Gasteiger charge is -2.22. The Hall–Kier alpha value is -0.670. The van der Waals surface area contributed by atoms with E-state index in [1.807, 2.05) is 12.1 Å². The van der Waals surface area contributed by atoms with Crippen LogP contribution in [0.5, 0.6) is 0 Å². The molecule has 0 radical (unpaired) electrons. The second kappa shape index (κ2) is 8.09. The lowest BCUT2D eigenvalue weighted by atomic mass is 9.87. The second-order valence-corrected chi connectivity index (χ2v) is 8.59. The average Bonchev–Trinajstić information content (AvgIpc) is 2.42. The molecule has 2 unspecified atom stereocenters. The summed E-state index contributed by atoms with van der Waals surface area (Å²) in [5.41, 5.74) is 1.43. The third-order valence-corrected chi connectivity index (χ3v) is 5.24. The molecule has 1 aromatic rings. The van der Waals surface area contributed by atoms with Crippen molar-refractivity contribution in [2.75, 3.05) is 12.3 Å². The summed E-state index contributed by atoms with van der Waals surface area (Å²) in [6, 6.07) is 8.57. The largest absolute Gasteiger partial charge is 0.313 e. The lowest BCUT2D eigenvalue weighted by molar-refractivity contribution is 0.431. The number of benzene rings is 1. The van der Waals surface area contributed by atoms with Crippen LogP contribution in [-0.4, -0.2) is 22.5 Å². The molecular formula is C18H31NOS. The molecule has 0 bridgehead atoms. The van der Waals surface area contributed by atoms with Crippen LogP contribution in [0.3, 0.4) is 0 Å². The van der Waals surface area contributed by atoms with Gasteiger partial charge in [-0.2, -0.15) is 0 Å². The predicted octanol–water partition coefficient (Wildman–Crippen LogP) is 4.12. The number of hydrogen-bond donors (Lipinski definition) is 1. The Morgan fingerprint density at radius 1 is 1.14 bits per heavy atom. The molecule has 1 aromatic carbocycles. The minimum atomic E-state index is -0.935. The zero-order valence-electron chi connectivity index (χ0n) is 14.4. The summed E-state index contributed by atoms with van der Waals surface area (Å²) in [6.07, 6.45) is 1.11. The van der Waals surface area contributed by atoms with E-state index in [1.54, 1.807) is 0 Å². The molecule has 0 aliphatic carbocycles. The Labute approximate surface area is 133 Å². The van der Waals surface area contributed by atoms with Crippen LogP contribution in [0.25, 0.3) is 0 Å². The second-order valence-electron chi connectivity index (χ2n) is 7.09. The fraction of sp³-hybridized carbons (Fsp3) is 0.667. The first-order chi connectivity index (χ1) is 9.75. The van der Waals surface area contributed by atoms with Crippen molar-refractivity contribution >= 4 is 10.8 Å². The lowest BCUT2D eigenvalue weighted by Crippen LogP contribution is -2.38. The minimum absolute atomic E-state index is 0.142. The number of rotatable bonds is 7. The molecule has 0 amide bonds. The van der Waals surface area contributed by atoms with Crippen molar-refractivity contribution in [3.05, 3.63) is 29.8 Å². The van der Waals surface area contributed by atoms with Crippen LogP contribution in [0.4, 0.5) is 0 Å². The fourth-order valence-corrected chi connectivity index (χ4v) is 3.64. The van der Waals surface area contributed by atoms with E-state index in [2.05, 4.69) is 59.0 Å². The standard InChI is InChI=1S/C18H31NOS/c1-7-12-19-17(14(2)3)13-21(20)16-10-8-15(9-11-16)18(4,5)6/h8-11,14,17,19H,7,12-13H2,1-6H3. The van der Waals surface area contributed by atoms with Crippen LogP contribution in [0.2, 0.25) is 0 Å². The molecular weight excluding hydrogens is 278 g/mol. The maximum atomic E-state index is 12.6. The summed E-state index contributed by atoms with van der Waals surface area (Å²) in [6.45, 7) is 14.1. The topological polar surface area (TPSA) is 29.1 Å². The number of nitrogens with one attached hydrogen (secondary N) is 1. The van der Waals surface area contributed by atoms with Crippen LogP contribution in [0.15, 0.2) is 29.2 Å². The molecule has 0 spiro atoms. The van der Waals surface area contributed by atoms with E-state index in [1.165, 1.54) is 5.56 Å². The van der Waals surface area contributed by atoms with Gasteiger partial charge < -0.3 is 5.32 Å². The molecule has 3 heteroatoms. The van der Waals surface area contributed by atoms with Crippen LogP contribution in [0, 0.1) is 5.92 Å². The molecule has 0 heterocycles. The van der Waals surface area contributed by atoms with Gasteiger partial charge in [0.25, 0.3) is 0 Å². The van der Waals surface area contributed by atoms with Crippen molar-refractivity contribution < 1.29 is 4.21 Å². The average molecular weight is 310 g/mol. The molecule has 0 fully saturated rings. The molecule has 120 valence electrons. The van der Waals surface area contributed by atoms with E-state index in [0.717, 1.165) is 17.9 Å². The van der Waals surface area contributed by atoms with Gasteiger partial charge in [0.1, 0.15) is 0 Å². The molecule has 0 saturated heterocycles. The van der Waals surface area contributed by atoms with Gasteiger partial charge in [0.15, 0.2) is 0 Å². The highest BCUT2D eigenvalue weighted by atomic mass is 32.2. The first-order valence-electron chi connectivity index (χ1n) is 7.98. The molecule has 0 aliphatic rings. The third-order valence-electron chi connectivity index (χ3n) is 3.78. The van der Waals surface area contributed by atoms with Crippen LogP contribution >= 0.6 is 0 Å². The van der Waals surface area contributed by atoms with Gasteiger partial charge in [0.2, 0.25) is 0 Å². The zero-order valence-corrected chi connectivity index (χ0v) is 15.2. The quantitative estimate of drug-likeness (QED) is 0.821. The molecule has 0 aliphatic heterocycles. The van der Waals surface area contributed by atoms with Crippen LogP contribution < -0.4 is 5.32 Å². The number of hydrogen-bond acceptors (Lipinski definition) is 2. The Morgan fingerprint density at radius 3 is 2.14 bits per heavy atom. The SMILES string of the molecule is CCCNC(CS(=O)c1ccc(C(C)(C)C)cc1)C(C)C. The van der Waals surface area contributed by atoms with E-state index in [9.17, 15) is 4.21 Å². The summed E-state index contributed by atoms with van der Waals surface area (Å²) in [5.74, 6) is 1.18. The normalized spacial score (nSPS) is 15.2. The van der Waals surface area contributed by atoms with E-state index < -0.39 is 10.8 Å². The molecule has 2 atom stereocenters. The molecule has 21 heavy (non-hydrogen) atoms. The van der Waals surface area contributed by atoms with Crippen molar-refractivity contribution in [3.8, 4) is 0 Å². The Bertz CT molecular complexity index is 445. The van der Waals surface area contributed by atoms with Crippen molar-refractivity contribution in [1.29, 1.82) is 0 Å². The van der Waals surface area contributed by atoms with E-state index >= 15 is 0 Å². The Balaban J connectivity index is 2.74. The van der Waals surface area contributed by atoms with E-state index in [0.29, 0.717) is 17.7 Å². The van der Waals surface area contributed by atoms with Gasteiger partial charge in [0.05, 0.1) is 10.8 Å². The maximum absolute atomic E-state index is 12.6. The molecule has 0 aromatic heterocycles. The Kier molecular flexibility index (Phi) is 7.08. The van der Waals surface area contributed by atoms with Gasteiger partial charge in [-0.05, 0) is 42.0 Å². The van der Waals surface area contributed by atoms with Gasteiger partial charge in [0, 0.05) is 16.7 Å². The van der Waals surface area contributed by atoms with Crippen LogP contribution in [0.1, 0.15) is 53.5 Å². The highest BCUT2D eigenvalue weighted by Crippen LogP contribution is 2.23. The summed E-state index contributed by atoms with van der Waals surface area (Å²) < 4.78 is 12.6. The van der Waals surface area contributed by atoms with Gasteiger partial charge in [-0.25, -0.2) is 0 Å². The van der Waals surface area contributed by atoms with Gasteiger partial charge in [-0.15, -0.1) is 0 Å². The van der Waals surface area contributed by atoms with E-state index in [-0.39, 0.29) is 5.41 Å². The summed E-state index contributed by atoms with van der Waals surface area (Å²) in [5, 5.41) is 3.51. The first-order valence-corrected chi connectivity index (χ1v) is 9.30. The van der Waals surface area contributed by atoms with Crippen molar-refractivity contribution in [2.24, 2.45) is 5.92 Å². The molecule has 1 rings (SSSR count). The highest BCUT2D eigenvalue weighted by Gasteiger charge is 2.18. The van der Waals surface area contributed by atoms with Crippen molar-refractivity contribution in [3.63, 3.8) is 0 Å². The summed E-state index contributed by atoms with van der Waals surface area (Å²) in [7, 11) is -0.935. The zero-order chi connectivity index (χ0) is 16.0. The van der Waals surface area contributed by atoms with E-state index in [4.69, 9.17) is 0 Å².